The van der Waals surface area contributed by atoms with E-state index in [9.17, 15) is 18.0 Å². The summed E-state index contributed by atoms with van der Waals surface area (Å²) < 4.78 is 34.5. The van der Waals surface area contributed by atoms with Gasteiger partial charge in [0.05, 0.1) is 22.4 Å². The van der Waals surface area contributed by atoms with E-state index in [-0.39, 0.29) is 29.0 Å². The molecule has 2 aromatic carbocycles. The fourth-order valence-electron chi connectivity index (χ4n) is 4.99. The molecule has 0 spiro atoms. The van der Waals surface area contributed by atoms with Crippen LogP contribution in [-0.2, 0) is 28.3 Å². The Hall–Kier alpha value is -2.91. The van der Waals surface area contributed by atoms with Gasteiger partial charge in [-0.2, -0.15) is 4.31 Å². The first-order chi connectivity index (χ1) is 15.8. The van der Waals surface area contributed by atoms with Gasteiger partial charge in [-0.3, -0.25) is 9.36 Å². The fraction of sp³-hybridized carbons (Fsp3) is 0.417. The minimum Gasteiger partial charge on any atom is -0.408 e. The Labute approximate surface area is 192 Å². The van der Waals surface area contributed by atoms with Crippen molar-refractivity contribution >= 4 is 27.0 Å². The predicted octanol–water partition coefficient (Wildman–Crippen LogP) is 2.73. The topological polar surface area (TPSA) is 102 Å². The lowest BCUT2D eigenvalue weighted by molar-refractivity contribution is -0.127. The second-order valence-corrected chi connectivity index (χ2v) is 10.8. The van der Waals surface area contributed by atoms with Gasteiger partial charge in [0.1, 0.15) is 0 Å². The molecule has 174 valence electrons. The first-order valence-electron chi connectivity index (χ1n) is 11.3. The lowest BCUT2D eigenvalue weighted by Gasteiger charge is -2.33. The fourth-order valence-corrected chi connectivity index (χ4v) is 6.53. The third-order valence-corrected chi connectivity index (χ3v) is 8.70. The van der Waals surface area contributed by atoms with Crippen LogP contribution in [0.1, 0.15) is 42.9 Å². The van der Waals surface area contributed by atoms with E-state index >= 15 is 0 Å². The van der Waals surface area contributed by atoms with Gasteiger partial charge in [-0.25, -0.2) is 13.2 Å². The van der Waals surface area contributed by atoms with Crippen LogP contribution < -0.4 is 11.1 Å². The van der Waals surface area contributed by atoms with Crippen LogP contribution >= 0.6 is 0 Å². The minimum absolute atomic E-state index is 0.0298. The molecule has 0 bridgehead atoms. The van der Waals surface area contributed by atoms with Crippen molar-refractivity contribution in [1.29, 1.82) is 0 Å². The molecule has 2 aliphatic rings. The number of nitrogens with zero attached hydrogens (tertiary/aromatic N) is 2. The molecule has 1 aliphatic carbocycles. The van der Waals surface area contributed by atoms with Gasteiger partial charge < -0.3 is 9.73 Å². The Morgan fingerprint density at radius 3 is 2.79 bits per heavy atom. The van der Waals surface area contributed by atoms with Gasteiger partial charge in [-0.05, 0) is 55.4 Å². The normalized spacial score (nSPS) is 21.6. The van der Waals surface area contributed by atoms with Crippen molar-refractivity contribution in [3.63, 3.8) is 0 Å². The molecule has 1 aliphatic heterocycles. The van der Waals surface area contributed by atoms with Gasteiger partial charge in [0.15, 0.2) is 5.58 Å². The van der Waals surface area contributed by atoms with Crippen LogP contribution in [0.15, 0.2) is 56.6 Å². The summed E-state index contributed by atoms with van der Waals surface area (Å²) in [5.41, 5.74) is 3.19. The Bertz CT molecular complexity index is 1370. The van der Waals surface area contributed by atoms with Crippen LogP contribution in [-0.4, -0.2) is 36.3 Å². The molecule has 9 heteroatoms. The summed E-state index contributed by atoms with van der Waals surface area (Å²) in [5.74, 6) is -1.04. The zero-order valence-corrected chi connectivity index (χ0v) is 19.3. The molecular formula is C24H27N3O5S. The highest BCUT2D eigenvalue weighted by Crippen LogP contribution is 2.31. The Kier molecular flexibility index (Phi) is 5.62. The van der Waals surface area contributed by atoms with Crippen molar-refractivity contribution in [2.24, 2.45) is 13.0 Å². The summed E-state index contributed by atoms with van der Waals surface area (Å²) in [6.45, 7) is 0.495. The number of hydrogen-bond acceptors (Lipinski definition) is 5. The summed E-state index contributed by atoms with van der Waals surface area (Å²) in [5, 5.41) is 3.18. The molecule has 1 amide bonds. The molecule has 33 heavy (non-hydrogen) atoms. The van der Waals surface area contributed by atoms with Gasteiger partial charge in [0.25, 0.3) is 0 Å². The molecule has 2 heterocycles. The molecule has 1 aromatic heterocycles. The quantitative estimate of drug-likeness (QED) is 0.633. The van der Waals surface area contributed by atoms with E-state index in [1.807, 2.05) is 12.1 Å². The maximum Gasteiger partial charge on any atom is 0.419 e. The van der Waals surface area contributed by atoms with Crippen LogP contribution in [0.5, 0.6) is 0 Å². The largest absolute Gasteiger partial charge is 0.419 e. The summed E-state index contributed by atoms with van der Waals surface area (Å²) in [6.07, 6.45) is 4.19. The van der Waals surface area contributed by atoms with Gasteiger partial charge >= 0.3 is 5.76 Å². The zero-order valence-electron chi connectivity index (χ0n) is 18.5. The number of piperidine rings is 1. The standard InChI is InChI=1S/C24H27N3O5S/c1-26-21-12-11-18(14-22(21)32-24(26)29)33(30,31)27-13-5-8-17(15-27)23(28)25-20-10-4-7-16-6-2-3-9-19(16)20/h2-3,6,9,11-12,14,17,20H,4-5,7-8,10,13,15H2,1H3,(H,25,28)/t17-,20+/m1/s1. The van der Waals surface area contributed by atoms with Crippen molar-refractivity contribution < 1.29 is 17.6 Å². The predicted molar refractivity (Wildman–Crippen MR) is 123 cm³/mol. The maximum atomic E-state index is 13.3. The number of rotatable bonds is 4. The van der Waals surface area contributed by atoms with Gasteiger partial charge in [0, 0.05) is 26.2 Å². The average molecular weight is 470 g/mol. The van der Waals surface area contributed by atoms with Crippen molar-refractivity contribution in [3.8, 4) is 0 Å². The van der Waals surface area contributed by atoms with E-state index in [4.69, 9.17) is 4.42 Å². The number of carbonyl (C=O) groups excluding carboxylic acids is 1. The number of fused-ring (bicyclic) bond motifs is 2. The van der Waals surface area contributed by atoms with Crippen LogP contribution in [0.3, 0.4) is 0 Å². The monoisotopic (exact) mass is 469 g/mol. The zero-order chi connectivity index (χ0) is 23.2. The van der Waals surface area contributed by atoms with E-state index in [2.05, 4.69) is 17.4 Å². The van der Waals surface area contributed by atoms with E-state index in [1.165, 1.54) is 26.6 Å². The van der Waals surface area contributed by atoms with E-state index in [0.29, 0.717) is 24.9 Å². The number of amides is 1. The molecule has 0 unspecified atom stereocenters. The van der Waals surface area contributed by atoms with Gasteiger partial charge in [-0.1, -0.05) is 24.3 Å². The molecule has 5 rings (SSSR count). The average Bonchev–Trinajstić information content (AvgIpc) is 3.12. The number of nitrogens with one attached hydrogen (secondary N) is 1. The third-order valence-electron chi connectivity index (χ3n) is 6.84. The lowest BCUT2D eigenvalue weighted by Crippen LogP contribution is -2.46. The molecule has 1 fully saturated rings. The van der Waals surface area contributed by atoms with Crippen LogP contribution in [0.25, 0.3) is 11.1 Å². The van der Waals surface area contributed by atoms with Crippen molar-refractivity contribution in [1.82, 2.24) is 14.2 Å². The molecule has 0 saturated carbocycles. The second-order valence-electron chi connectivity index (χ2n) is 8.91. The van der Waals surface area contributed by atoms with E-state index < -0.39 is 21.7 Å². The number of benzene rings is 2. The number of aromatic nitrogens is 1. The molecule has 1 N–H and O–H groups in total. The van der Waals surface area contributed by atoms with Crippen molar-refractivity contribution in [2.45, 2.75) is 43.0 Å². The summed E-state index contributed by atoms with van der Waals surface area (Å²) in [7, 11) is -2.25. The van der Waals surface area contributed by atoms with Gasteiger partial charge in [0.2, 0.25) is 15.9 Å². The first-order valence-corrected chi connectivity index (χ1v) is 12.8. The molecule has 0 radical (unpaired) electrons. The second kappa shape index (κ2) is 8.46. The number of sulfonamides is 1. The molecule has 1 saturated heterocycles. The van der Waals surface area contributed by atoms with Crippen LogP contribution in [0, 0.1) is 5.92 Å². The van der Waals surface area contributed by atoms with Crippen molar-refractivity contribution in [2.75, 3.05) is 13.1 Å². The molecule has 2 atom stereocenters. The summed E-state index contributed by atoms with van der Waals surface area (Å²) in [4.78, 5) is 24.9. The molecular weight excluding hydrogens is 442 g/mol. The SMILES string of the molecule is Cn1c(=O)oc2cc(S(=O)(=O)N3CCC[C@@H](C(=O)N[C@H]4CCCc5ccccc54)C3)ccc21. The number of hydrogen-bond donors (Lipinski definition) is 1. The van der Waals surface area contributed by atoms with Crippen LogP contribution in [0.2, 0.25) is 0 Å². The maximum absolute atomic E-state index is 13.3. The highest BCUT2D eigenvalue weighted by molar-refractivity contribution is 7.89. The van der Waals surface area contributed by atoms with E-state index in [1.54, 1.807) is 13.1 Å². The minimum atomic E-state index is -3.82. The Morgan fingerprint density at radius 2 is 1.94 bits per heavy atom. The number of oxazole rings is 1. The highest BCUT2D eigenvalue weighted by atomic mass is 32.2. The Balaban J connectivity index is 1.33. The lowest BCUT2D eigenvalue weighted by atomic mass is 9.87. The van der Waals surface area contributed by atoms with Crippen LogP contribution in [0.4, 0.5) is 0 Å². The smallest absolute Gasteiger partial charge is 0.408 e. The van der Waals surface area contributed by atoms with Crippen molar-refractivity contribution in [3.05, 3.63) is 64.1 Å². The number of carbonyl (C=O) groups is 1. The highest BCUT2D eigenvalue weighted by Gasteiger charge is 2.35. The van der Waals surface area contributed by atoms with Gasteiger partial charge in [-0.15, -0.1) is 0 Å². The molecule has 3 aromatic rings. The first kappa shape index (κ1) is 21.9. The summed E-state index contributed by atoms with van der Waals surface area (Å²) >= 11 is 0. The Morgan fingerprint density at radius 1 is 1.12 bits per heavy atom. The third kappa shape index (κ3) is 4.00. The molecule has 8 nitrogen and oxygen atoms in total. The summed E-state index contributed by atoms with van der Waals surface area (Å²) in [6, 6.07) is 12.6. The number of aryl methyl sites for hydroxylation is 2. The van der Waals surface area contributed by atoms with E-state index in [0.717, 1.165) is 24.8 Å².